The van der Waals surface area contributed by atoms with Crippen LogP contribution >= 0.6 is 28.3 Å². The van der Waals surface area contributed by atoms with E-state index in [0.29, 0.717) is 17.8 Å². The minimum Gasteiger partial charge on any atom is -0.497 e. The van der Waals surface area contributed by atoms with Crippen LogP contribution in [-0.4, -0.2) is 25.8 Å². The van der Waals surface area contributed by atoms with Crippen LogP contribution in [0, 0.1) is 0 Å². The van der Waals surface area contributed by atoms with E-state index in [4.69, 9.17) is 15.1 Å². The SMILES string of the molecule is COc1ccc(Br)c2c1B(O)O[C@@H]2CN.Cl. The van der Waals surface area contributed by atoms with E-state index in [0.717, 1.165) is 10.0 Å². The molecule has 0 amide bonds. The van der Waals surface area contributed by atoms with Gasteiger partial charge in [0.2, 0.25) is 0 Å². The first kappa shape index (κ1) is 13.8. The topological polar surface area (TPSA) is 64.7 Å². The van der Waals surface area contributed by atoms with E-state index < -0.39 is 7.12 Å². The third kappa shape index (κ3) is 2.08. The molecule has 0 fully saturated rings. The Labute approximate surface area is 109 Å². The smallest absolute Gasteiger partial charge is 0.495 e. The van der Waals surface area contributed by atoms with E-state index in [1.807, 2.05) is 6.07 Å². The Balaban J connectivity index is 0.00000128. The lowest BCUT2D eigenvalue weighted by Gasteiger charge is -2.11. The fourth-order valence-corrected chi connectivity index (χ4v) is 2.42. The summed E-state index contributed by atoms with van der Waals surface area (Å²) in [6.45, 7) is 0.329. The summed E-state index contributed by atoms with van der Waals surface area (Å²) in [7, 11) is 0.604. The monoisotopic (exact) mass is 307 g/mol. The van der Waals surface area contributed by atoms with Crippen molar-refractivity contribution < 1.29 is 14.4 Å². The van der Waals surface area contributed by atoms with Gasteiger partial charge in [0.1, 0.15) is 5.75 Å². The van der Waals surface area contributed by atoms with Crippen LogP contribution in [0.25, 0.3) is 0 Å². The van der Waals surface area contributed by atoms with Crippen LogP contribution in [0.4, 0.5) is 0 Å². The normalized spacial score (nSPS) is 18.0. The van der Waals surface area contributed by atoms with Crippen LogP contribution < -0.4 is 15.9 Å². The molecule has 3 N–H and O–H groups in total. The van der Waals surface area contributed by atoms with Crippen LogP contribution in [0.15, 0.2) is 16.6 Å². The Morgan fingerprint density at radius 3 is 2.88 bits per heavy atom. The summed E-state index contributed by atoms with van der Waals surface area (Å²) >= 11 is 3.42. The molecule has 0 saturated carbocycles. The number of rotatable bonds is 2. The second-order valence-electron chi connectivity index (χ2n) is 3.29. The highest BCUT2D eigenvalue weighted by molar-refractivity contribution is 9.10. The molecule has 0 radical (unpaired) electrons. The molecule has 1 heterocycles. The maximum absolute atomic E-state index is 9.74. The van der Waals surface area contributed by atoms with Crippen molar-refractivity contribution in [2.24, 2.45) is 5.73 Å². The largest absolute Gasteiger partial charge is 0.497 e. The van der Waals surface area contributed by atoms with Crippen molar-refractivity contribution in [3.05, 3.63) is 22.2 Å². The molecule has 1 aromatic carbocycles. The predicted molar refractivity (Wildman–Crippen MR) is 68.4 cm³/mol. The molecule has 0 bridgehead atoms. The Morgan fingerprint density at radius 2 is 2.31 bits per heavy atom. The lowest BCUT2D eigenvalue weighted by Crippen LogP contribution is -2.29. The van der Waals surface area contributed by atoms with Gasteiger partial charge < -0.3 is 20.1 Å². The maximum atomic E-state index is 9.74. The molecule has 0 unspecified atom stereocenters. The van der Waals surface area contributed by atoms with E-state index >= 15 is 0 Å². The molecule has 16 heavy (non-hydrogen) atoms. The molecule has 4 nitrogen and oxygen atoms in total. The average molecular weight is 308 g/mol. The molecule has 1 aliphatic rings. The minimum atomic E-state index is -0.957. The van der Waals surface area contributed by atoms with Gasteiger partial charge in [0, 0.05) is 16.5 Å². The molecular formula is C9H12BBrClNO3. The first-order valence-electron chi connectivity index (χ1n) is 4.59. The zero-order chi connectivity index (χ0) is 11.0. The van der Waals surface area contributed by atoms with E-state index in [1.54, 1.807) is 13.2 Å². The van der Waals surface area contributed by atoms with Gasteiger partial charge in [-0.25, -0.2) is 0 Å². The molecule has 88 valence electrons. The fraction of sp³-hybridized carbons (Fsp3) is 0.333. The number of hydrogen-bond acceptors (Lipinski definition) is 4. The summed E-state index contributed by atoms with van der Waals surface area (Å²) < 4.78 is 11.4. The summed E-state index contributed by atoms with van der Waals surface area (Å²) in [5, 5.41) is 9.74. The quantitative estimate of drug-likeness (QED) is 0.785. The van der Waals surface area contributed by atoms with E-state index in [-0.39, 0.29) is 18.5 Å². The molecule has 0 aromatic heterocycles. The van der Waals surface area contributed by atoms with Crippen molar-refractivity contribution in [1.82, 2.24) is 0 Å². The van der Waals surface area contributed by atoms with Gasteiger partial charge in [-0.15, -0.1) is 12.4 Å². The molecule has 1 atom stereocenters. The molecule has 1 aromatic rings. The number of methoxy groups -OCH3 is 1. The van der Waals surface area contributed by atoms with Crippen LogP contribution in [0.1, 0.15) is 11.7 Å². The lowest BCUT2D eigenvalue weighted by atomic mass is 9.78. The fourth-order valence-electron chi connectivity index (χ4n) is 1.81. The van der Waals surface area contributed by atoms with Crippen LogP contribution in [-0.2, 0) is 4.65 Å². The zero-order valence-electron chi connectivity index (χ0n) is 8.64. The Kier molecular flexibility index (Phi) is 4.64. The van der Waals surface area contributed by atoms with E-state index in [1.165, 1.54) is 0 Å². The number of hydrogen-bond donors (Lipinski definition) is 2. The summed E-state index contributed by atoms with van der Waals surface area (Å²) in [6.07, 6.45) is -0.278. The number of nitrogens with two attached hydrogens (primary N) is 1. The molecule has 2 rings (SSSR count). The van der Waals surface area contributed by atoms with Gasteiger partial charge in [-0.3, -0.25) is 0 Å². The second kappa shape index (κ2) is 5.38. The zero-order valence-corrected chi connectivity index (χ0v) is 11.0. The number of benzene rings is 1. The summed E-state index contributed by atoms with van der Waals surface area (Å²) in [5.74, 6) is 0.622. The number of fused-ring (bicyclic) bond motifs is 1. The van der Waals surface area contributed by atoms with Crippen molar-refractivity contribution >= 4 is 40.9 Å². The summed E-state index contributed by atoms with van der Waals surface area (Å²) in [6, 6.07) is 3.65. The summed E-state index contributed by atoms with van der Waals surface area (Å²) in [5.41, 5.74) is 7.12. The molecule has 1 aliphatic heterocycles. The number of ether oxygens (including phenoxy) is 1. The van der Waals surface area contributed by atoms with Crippen molar-refractivity contribution in [1.29, 1.82) is 0 Å². The van der Waals surface area contributed by atoms with Gasteiger partial charge in [-0.2, -0.15) is 0 Å². The Bertz CT molecular complexity index is 393. The highest BCUT2D eigenvalue weighted by atomic mass is 79.9. The number of halogens is 2. The third-order valence-electron chi connectivity index (χ3n) is 2.49. The second-order valence-corrected chi connectivity index (χ2v) is 4.14. The first-order valence-corrected chi connectivity index (χ1v) is 5.38. The van der Waals surface area contributed by atoms with Gasteiger partial charge in [0.15, 0.2) is 0 Å². The molecule has 7 heteroatoms. The Hall–Kier alpha value is -0.265. The van der Waals surface area contributed by atoms with Crippen LogP contribution in [0.2, 0.25) is 0 Å². The van der Waals surface area contributed by atoms with Gasteiger partial charge >= 0.3 is 7.12 Å². The molecular weight excluding hydrogens is 296 g/mol. The molecule has 0 aliphatic carbocycles. The van der Waals surface area contributed by atoms with Crippen molar-refractivity contribution in [3.8, 4) is 5.75 Å². The van der Waals surface area contributed by atoms with Gasteiger partial charge in [0.25, 0.3) is 0 Å². The Morgan fingerprint density at radius 1 is 1.62 bits per heavy atom. The van der Waals surface area contributed by atoms with Crippen LogP contribution in [0.3, 0.4) is 0 Å². The third-order valence-corrected chi connectivity index (χ3v) is 3.18. The van der Waals surface area contributed by atoms with Crippen molar-refractivity contribution in [2.75, 3.05) is 13.7 Å². The minimum absolute atomic E-state index is 0. The highest BCUT2D eigenvalue weighted by Gasteiger charge is 2.38. The van der Waals surface area contributed by atoms with Gasteiger partial charge in [-0.1, -0.05) is 15.9 Å². The summed E-state index contributed by atoms with van der Waals surface area (Å²) in [4.78, 5) is 0. The standard InChI is InChI=1S/C9H11BBrNO3.ClH/c1-14-6-3-2-5(11)8-7(4-12)15-10(13)9(6)8;/h2-3,7,13H,4,12H2,1H3;1H/t7-;/m1./s1. The van der Waals surface area contributed by atoms with E-state index in [2.05, 4.69) is 15.9 Å². The van der Waals surface area contributed by atoms with Crippen molar-refractivity contribution in [3.63, 3.8) is 0 Å². The molecule has 0 spiro atoms. The van der Waals surface area contributed by atoms with Gasteiger partial charge in [0.05, 0.1) is 13.2 Å². The maximum Gasteiger partial charge on any atom is 0.495 e. The average Bonchev–Trinajstić information content (AvgIpc) is 2.58. The van der Waals surface area contributed by atoms with Gasteiger partial charge in [-0.05, 0) is 17.7 Å². The van der Waals surface area contributed by atoms with Crippen molar-refractivity contribution in [2.45, 2.75) is 6.10 Å². The highest BCUT2D eigenvalue weighted by Crippen LogP contribution is 2.32. The molecule has 0 saturated heterocycles. The predicted octanol–water partition coefficient (Wildman–Crippen LogP) is 0.597. The van der Waals surface area contributed by atoms with Crippen LogP contribution in [0.5, 0.6) is 5.75 Å². The van der Waals surface area contributed by atoms with E-state index in [9.17, 15) is 5.02 Å². The first-order chi connectivity index (χ1) is 7.19. The lowest BCUT2D eigenvalue weighted by molar-refractivity contribution is 0.197.